The zero-order valence-corrected chi connectivity index (χ0v) is 5.22. The van der Waals surface area contributed by atoms with Crippen molar-refractivity contribution in [2.45, 2.75) is 0 Å². The molecule has 5 heavy (non-hydrogen) atoms. The van der Waals surface area contributed by atoms with E-state index in [2.05, 4.69) is 14.5 Å². The van der Waals surface area contributed by atoms with E-state index in [1.807, 2.05) is 0 Å². The Morgan fingerprint density at radius 1 is 1.60 bits per heavy atom. The molecule has 0 aliphatic rings. The summed E-state index contributed by atoms with van der Waals surface area (Å²) in [6, 6.07) is 0. The third kappa shape index (κ3) is 4.10. The first kappa shape index (κ1) is 5.10. The lowest BCUT2D eigenvalue weighted by Crippen LogP contribution is -1.84. The van der Waals surface area contributed by atoms with Crippen molar-refractivity contribution in [1.82, 2.24) is 0 Å². The molecule has 4 heteroatoms. The van der Waals surface area contributed by atoms with Crippen molar-refractivity contribution in [1.29, 1.82) is 0 Å². The van der Waals surface area contributed by atoms with E-state index in [0.717, 1.165) is 0 Å². The Morgan fingerprint density at radius 2 is 2.20 bits per heavy atom. The van der Waals surface area contributed by atoms with Crippen LogP contribution in [0.2, 0.25) is 0 Å². The predicted octanol–water partition coefficient (Wildman–Crippen LogP) is -1.22. The van der Waals surface area contributed by atoms with Crippen molar-refractivity contribution < 1.29 is 14.5 Å². The largest absolute Gasteiger partial charge is 0.269 e. The Hall–Kier alpha value is 0.0969. The van der Waals surface area contributed by atoms with Gasteiger partial charge >= 0.3 is 0 Å². The third-order valence-electron chi connectivity index (χ3n) is 0.136. The highest BCUT2D eigenvalue weighted by Crippen LogP contribution is 1.63. The van der Waals surface area contributed by atoms with Crippen molar-refractivity contribution in [2.75, 3.05) is 7.11 Å². The lowest BCUT2D eigenvalue weighted by molar-refractivity contribution is -0.454. The standard InChI is InChI=1S/CH6O3Si/c1-2-3-4-5/h1,5H3. The fourth-order valence-corrected chi connectivity index (χ4v) is 0.204. The molecule has 0 rings (SSSR count). The average molecular weight is 94.1 g/mol. The molecule has 0 N–H and O–H groups in total. The Morgan fingerprint density at radius 3 is 2.20 bits per heavy atom. The third-order valence-corrected chi connectivity index (χ3v) is 0.272. The van der Waals surface area contributed by atoms with Gasteiger partial charge in [0.2, 0.25) is 0 Å². The fraction of sp³-hybridized carbons (Fsp3) is 1.00. The molecule has 0 aromatic heterocycles. The Labute approximate surface area is 33.2 Å². The molecule has 0 bridgehead atoms. The van der Waals surface area contributed by atoms with E-state index in [1.54, 1.807) is 0 Å². The number of hydrogen-bond acceptors (Lipinski definition) is 3. The zero-order chi connectivity index (χ0) is 4.12. The Balaban J connectivity index is 2.19. The minimum atomic E-state index is 0.551. The molecule has 0 saturated heterocycles. The van der Waals surface area contributed by atoms with Crippen LogP contribution in [0.5, 0.6) is 0 Å². The normalized spacial score (nSPS) is 9.00. The molecule has 0 heterocycles. The number of rotatable bonds is 2. The minimum Gasteiger partial charge on any atom is -0.269 e. The van der Waals surface area contributed by atoms with Crippen LogP contribution >= 0.6 is 0 Å². The smallest absolute Gasteiger partial charge is 0.197 e. The highest BCUT2D eigenvalue weighted by atomic mass is 28.2. The maximum atomic E-state index is 4.11. The summed E-state index contributed by atoms with van der Waals surface area (Å²) in [4.78, 5) is 4.00. The Bertz CT molecular complexity index is 14.4. The number of hydrogen-bond donors (Lipinski definition) is 0. The Kier molecular flexibility index (Phi) is 4.18. The van der Waals surface area contributed by atoms with Gasteiger partial charge in [-0.2, -0.15) is 0 Å². The van der Waals surface area contributed by atoms with E-state index in [0.29, 0.717) is 10.5 Å². The van der Waals surface area contributed by atoms with Crippen LogP contribution in [0.3, 0.4) is 0 Å². The second-order valence-electron chi connectivity index (χ2n) is 0.401. The van der Waals surface area contributed by atoms with Crippen LogP contribution < -0.4 is 0 Å². The summed E-state index contributed by atoms with van der Waals surface area (Å²) < 4.78 is 4.11. The molecular weight excluding hydrogens is 88.1 g/mol. The van der Waals surface area contributed by atoms with Gasteiger partial charge in [-0.1, -0.05) is 5.04 Å². The first-order valence-corrected chi connectivity index (χ1v) is 1.97. The molecule has 32 valence electrons. The van der Waals surface area contributed by atoms with Crippen LogP contribution in [0, 0.1) is 0 Å². The van der Waals surface area contributed by atoms with E-state index in [9.17, 15) is 0 Å². The molecule has 0 saturated carbocycles. The molecule has 0 atom stereocenters. The molecular formula is CH6O3Si. The van der Waals surface area contributed by atoms with Crippen LogP contribution in [-0.4, -0.2) is 17.6 Å². The van der Waals surface area contributed by atoms with Crippen molar-refractivity contribution >= 4 is 10.5 Å². The topological polar surface area (TPSA) is 27.7 Å². The highest BCUT2D eigenvalue weighted by molar-refractivity contribution is 5.97. The van der Waals surface area contributed by atoms with Crippen LogP contribution in [0.4, 0.5) is 0 Å². The maximum Gasteiger partial charge on any atom is 0.197 e. The molecule has 0 unspecified atom stereocenters. The summed E-state index contributed by atoms with van der Waals surface area (Å²) in [5, 5.41) is 3.90. The molecule has 0 fully saturated rings. The maximum absolute atomic E-state index is 4.11. The van der Waals surface area contributed by atoms with E-state index in [1.165, 1.54) is 7.11 Å². The van der Waals surface area contributed by atoms with Crippen molar-refractivity contribution in [2.24, 2.45) is 0 Å². The molecule has 0 radical (unpaired) electrons. The van der Waals surface area contributed by atoms with E-state index < -0.39 is 0 Å². The van der Waals surface area contributed by atoms with Crippen molar-refractivity contribution in [3.63, 3.8) is 0 Å². The SMILES string of the molecule is COOO[SiH3]. The van der Waals surface area contributed by atoms with Gasteiger partial charge < -0.3 is 0 Å². The van der Waals surface area contributed by atoms with Crippen LogP contribution in [0.1, 0.15) is 0 Å². The van der Waals surface area contributed by atoms with Gasteiger partial charge in [-0.15, -0.1) is 0 Å². The highest BCUT2D eigenvalue weighted by Gasteiger charge is 1.62. The van der Waals surface area contributed by atoms with Crippen molar-refractivity contribution in [3.05, 3.63) is 0 Å². The van der Waals surface area contributed by atoms with Gasteiger partial charge in [-0.3, -0.25) is 4.58 Å². The van der Waals surface area contributed by atoms with Gasteiger partial charge in [0.25, 0.3) is 0 Å². The van der Waals surface area contributed by atoms with Gasteiger partial charge in [0, 0.05) is 0 Å². The van der Waals surface area contributed by atoms with Crippen LogP contribution in [-0.2, 0) is 14.5 Å². The van der Waals surface area contributed by atoms with Crippen molar-refractivity contribution in [3.8, 4) is 0 Å². The minimum absolute atomic E-state index is 0.551. The molecule has 0 aromatic rings. The summed E-state index contributed by atoms with van der Waals surface area (Å²) in [5.41, 5.74) is 0. The van der Waals surface area contributed by atoms with E-state index in [4.69, 9.17) is 0 Å². The fourth-order valence-electron chi connectivity index (χ4n) is 0.0680. The van der Waals surface area contributed by atoms with Gasteiger partial charge in [-0.25, -0.2) is 4.89 Å². The molecule has 0 aliphatic heterocycles. The molecule has 0 spiro atoms. The summed E-state index contributed by atoms with van der Waals surface area (Å²) in [7, 11) is 1.94. The average Bonchev–Trinajstić information content (AvgIpc) is 1.41. The molecule has 0 aromatic carbocycles. The molecule has 0 aliphatic carbocycles. The van der Waals surface area contributed by atoms with Crippen LogP contribution in [0.25, 0.3) is 0 Å². The first-order valence-electron chi connectivity index (χ1n) is 1.15. The first-order chi connectivity index (χ1) is 2.41. The van der Waals surface area contributed by atoms with Gasteiger partial charge in [-0.05, 0) is 0 Å². The summed E-state index contributed by atoms with van der Waals surface area (Å²) in [6.07, 6.45) is 0. The lowest BCUT2D eigenvalue weighted by Gasteiger charge is -1.86. The summed E-state index contributed by atoms with van der Waals surface area (Å²) in [5.74, 6) is 0. The molecule has 3 nitrogen and oxygen atoms in total. The van der Waals surface area contributed by atoms with E-state index in [-0.39, 0.29) is 0 Å². The summed E-state index contributed by atoms with van der Waals surface area (Å²) >= 11 is 0. The summed E-state index contributed by atoms with van der Waals surface area (Å²) in [6.45, 7) is 0. The van der Waals surface area contributed by atoms with Crippen LogP contribution in [0.15, 0.2) is 0 Å². The van der Waals surface area contributed by atoms with Gasteiger partial charge in [0.1, 0.15) is 0 Å². The second kappa shape index (κ2) is 4.10. The van der Waals surface area contributed by atoms with E-state index >= 15 is 0 Å². The predicted molar refractivity (Wildman–Crippen MR) is 19.1 cm³/mol. The zero-order valence-electron chi connectivity index (χ0n) is 3.22. The molecule has 0 amide bonds. The monoisotopic (exact) mass is 94.0 g/mol. The van der Waals surface area contributed by atoms with Gasteiger partial charge in [0.05, 0.1) is 7.11 Å². The van der Waals surface area contributed by atoms with Gasteiger partial charge in [0.15, 0.2) is 10.5 Å². The lowest BCUT2D eigenvalue weighted by atomic mass is 11.8. The second-order valence-corrected chi connectivity index (χ2v) is 0.735. The quantitative estimate of drug-likeness (QED) is 0.244.